The van der Waals surface area contributed by atoms with Gasteiger partial charge in [0.05, 0.1) is 0 Å². The molecule has 0 saturated heterocycles. The van der Waals surface area contributed by atoms with E-state index < -0.39 is 0 Å². The van der Waals surface area contributed by atoms with Crippen LogP contribution in [0.2, 0.25) is 0 Å². The Morgan fingerprint density at radius 1 is 1.05 bits per heavy atom. The van der Waals surface area contributed by atoms with E-state index in [0.717, 1.165) is 12.1 Å². The van der Waals surface area contributed by atoms with Gasteiger partial charge in [-0.1, -0.05) is 44.2 Å². The van der Waals surface area contributed by atoms with Crippen LogP contribution in [0.1, 0.15) is 36.2 Å². The first-order valence-electron chi connectivity index (χ1n) is 6.71. The molecule has 0 unspecified atom stereocenters. The Morgan fingerprint density at radius 2 is 1.68 bits per heavy atom. The van der Waals surface area contributed by atoms with Crippen molar-refractivity contribution in [2.75, 3.05) is 0 Å². The van der Waals surface area contributed by atoms with Gasteiger partial charge in [-0.3, -0.25) is 4.79 Å². The lowest BCUT2D eigenvalue weighted by Crippen LogP contribution is -2.33. The third-order valence-corrected chi connectivity index (χ3v) is 3.01. The molecule has 0 amide bonds. The molecule has 0 radical (unpaired) electrons. The maximum absolute atomic E-state index is 11.9. The fourth-order valence-electron chi connectivity index (χ4n) is 2.03. The van der Waals surface area contributed by atoms with Gasteiger partial charge in [0.25, 0.3) is 0 Å². The van der Waals surface area contributed by atoms with Crippen molar-refractivity contribution in [2.24, 2.45) is 5.92 Å². The third-order valence-electron chi connectivity index (χ3n) is 3.01. The fraction of sp³-hybridized carbons (Fsp3) is 0.294. The molecule has 2 aromatic rings. The zero-order valence-corrected chi connectivity index (χ0v) is 11.5. The maximum atomic E-state index is 11.9. The molecular formula is C17H20NO+. The molecule has 0 saturated carbocycles. The Morgan fingerprint density at radius 3 is 2.26 bits per heavy atom. The van der Waals surface area contributed by atoms with E-state index in [1.165, 1.54) is 5.56 Å². The van der Waals surface area contributed by atoms with E-state index in [2.05, 4.69) is 30.5 Å². The summed E-state index contributed by atoms with van der Waals surface area (Å²) in [4.78, 5) is 11.9. The van der Waals surface area contributed by atoms with Crippen LogP contribution in [0.4, 0.5) is 0 Å². The highest BCUT2D eigenvalue weighted by Gasteiger charge is 2.10. The normalized spacial score (nSPS) is 10.7. The van der Waals surface area contributed by atoms with Crippen molar-refractivity contribution >= 4 is 5.78 Å². The number of hydrogen-bond donors (Lipinski definition) is 0. The summed E-state index contributed by atoms with van der Waals surface area (Å²) in [5.74, 6) is 0.631. The van der Waals surface area contributed by atoms with E-state index in [9.17, 15) is 4.79 Å². The van der Waals surface area contributed by atoms with Crippen molar-refractivity contribution < 1.29 is 9.36 Å². The molecule has 2 rings (SSSR count). The largest absolute Gasteiger partial charge is 0.294 e. The van der Waals surface area contributed by atoms with Crippen molar-refractivity contribution in [3.05, 3.63) is 66.0 Å². The summed E-state index contributed by atoms with van der Waals surface area (Å²) in [7, 11) is 0. The van der Waals surface area contributed by atoms with Crippen molar-refractivity contribution in [2.45, 2.75) is 26.8 Å². The van der Waals surface area contributed by atoms with Gasteiger partial charge < -0.3 is 0 Å². The van der Waals surface area contributed by atoms with Gasteiger partial charge in [0, 0.05) is 29.7 Å². The summed E-state index contributed by atoms with van der Waals surface area (Å²) in [6.07, 6.45) is 4.56. The van der Waals surface area contributed by atoms with E-state index in [-0.39, 0.29) is 5.78 Å². The number of carbonyl (C=O) groups is 1. The van der Waals surface area contributed by atoms with Crippen LogP contribution in [0.5, 0.6) is 0 Å². The summed E-state index contributed by atoms with van der Waals surface area (Å²) in [5, 5.41) is 0. The molecule has 0 aliphatic heterocycles. The zero-order chi connectivity index (χ0) is 13.7. The van der Waals surface area contributed by atoms with Gasteiger partial charge in [-0.25, -0.2) is 4.57 Å². The van der Waals surface area contributed by atoms with E-state index in [0.29, 0.717) is 12.3 Å². The molecule has 2 heteroatoms. The Hall–Kier alpha value is -1.96. The van der Waals surface area contributed by atoms with E-state index in [4.69, 9.17) is 0 Å². The molecule has 0 spiro atoms. The zero-order valence-electron chi connectivity index (χ0n) is 11.5. The lowest BCUT2D eigenvalue weighted by Gasteiger charge is -2.03. The topological polar surface area (TPSA) is 20.9 Å². The molecule has 1 heterocycles. The number of Topliss-reactive ketones (excluding diaryl/α,β-unsaturated/α-hetero) is 1. The number of benzene rings is 1. The summed E-state index contributed by atoms with van der Waals surface area (Å²) in [6.45, 7) is 4.96. The average molecular weight is 254 g/mol. The van der Waals surface area contributed by atoms with Gasteiger partial charge in [-0.05, 0) is 5.92 Å². The van der Waals surface area contributed by atoms with E-state index in [1.54, 1.807) is 0 Å². The van der Waals surface area contributed by atoms with Crippen LogP contribution in [-0.2, 0) is 6.54 Å². The van der Waals surface area contributed by atoms with E-state index >= 15 is 0 Å². The molecular weight excluding hydrogens is 234 g/mol. The molecule has 0 N–H and O–H groups in total. The fourth-order valence-corrected chi connectivity index (χ4v) is 2.03. The molecule has 0 aliphatic carbocycles. The van der Waals surface area contributed by atoms with Crippen molar-refractivity contribution in [3.8, 4) is 0 Å². The predicted octanol–water partition coefficient (Wildman–Crippen LogP) is 3.25. The first-order chi connectivity index (χ1) is 9.15. The number of rotatable bonds is 5. The first kappa shape index (κ1) is 13.5. The van der Waals surface area contributed by atoms with Crippen LogP contribution < -0.4 is 4.57 Å². The number of carbonyl (C=O) groups excluding carboxylic acids is 1. The highest BCUT2D eigenvalue weighted by atomic mass is 16.1. The van der Waals surface area contributed by atoms with E-state index in [1.807, 2.05) is 42.7 Å². The van der Waals surface area contributed by atoms with Gasteiger partial charge in [-0.2, -0.15) is 0 Å². The molecule has 0 bridgehead atoms. The van der Waals surface area contributed by atoms with Crippen LogP contribution in [0.25, 0.3) is 0 Å². The second-order valence-corrected chi connectivity index (χ2v) is 5.27. The Balaban J connectivity index is 2.04. The summed E-state index contributed by atoms with van der Waals surface area (Å²) >= 11 is 0. The number of hydrogen-bond acceptors (Lipinski definition) is 1. The van der Waals surface area contributed by atoms with Crippen LogP contribution in [0.15, 0.2) is 54.9 Å². The van der Waals surface area contributed by atoms with Crippen LogP contribution in [-0.4, -0.2) is 5.78 Å². The molecule has 1 aromatic carbocycles. The Bertz CT molecular complexity index is 529. The van der Waals surface area contributed by atoms with Crippen molar-refractivity contribution in [1.29, 1.82) is 0 Å². The van der Waals surface area contributed by atoms with Crippen LogP contribution in [0.3, 0.4) is 0 Å². The van der Waals surface area contributed by atoms with Crippen LogP contribution >= 0.6 is 0 Å². The number of aromatic nitrogens is 1. The summed E-state index contributed by atoms with van der Waals surface area (Å²) in [5.41, 5.74) is 2.06. The molecule has 1 aromatic heterocycles. The first-order valence-corrected chi connectivity index (χ1v) is 6.71. The smallest absolute Gasteiger partial charge is 0.173 e. The minimum Gasteiger partial charge on any atom is -0.294 e. The second kappa shape index (κ2) is 6.28. The molecule has 0 atom stereocenters. The second-order valence-electron chi connectivity index (χ2n) is 5.27. The lowest BCUT2D eigenvalue weighted by atomic mass is 10.0. The molecule has 0 fully saturated rings. The molecule has 98 valence electrons. The van der Waals surface area contributed by atoms with Gasteiger partial charge >= 0.3 is 0 Å². The number of pyridine rings is 1. The molecule has 0 aliphatic rings. The standard InChI is InChI=1S/C17H20NO/c1-14(2)12-17(19)16-8-10-18(11-9-16)13-15-6-4-3-5-7-15/h3-11,14H,12-13H2,1-2H3/q+1. The number of nitrogens with zero attached hydrogens (tertiary/aromatic N) is 1. The Kier molecular flexibility index (Phi) is 4.45. The van der Waals surface area contributed by atoms with Gasteiger partial charge in [0.15, 0.2) is 24.7 Å². The SMILES string of the molecule is CC(C)CC(=O)c1cc[n+](Cc2ccccc2)cc1. The monoisotopic (exact) mass is 254 g/mol. The summed E-state index contributed by atoms with van der Waals surface area (Å²) < 4.78 is 2.08. The van der Waals surface area contributed by atoms with Gasteiger partial charge in [-0.15, -0.1) is 0 Å². The van der Waals surface area contributed by atoms with Crippen molar-refractivity contribution in [1.82, 2.24) is 0 Å². The average Bonchev–Trinajstić information content (AvgIpc) is 2.40. The van der Waals surface area contributed by atoms with Gasteiger partial charge in [0.1, 0.15) is 0 Å². The minimum absolute atomic E-state index is 0.224. The third kappa shape index (κ3) is 4.02. The highest BCUT2D eigenvalue weighted by molar-refractivity contribution is 5.95. The quantitative estimate of drug-likeness (QED) is 0.592. The maximum Gasteiger partial charge on any atom is 0.173 e. The molecule has 19 heavy (non-hydrogen) atoms. The number of ketones is 1. The minimum atomic E-state index is 0.224. The Labute approximate surface area is 114 Å². The van der Waals surface area contributed by atoms with Crippen molar-refractivity contribution in [3.63, 3.8) is 0 Å². The lowest BCUT2D eigenvalue weighted by molar-refractivity contribution is -0.688. The highest BCUT2D eigenvalue weighted by Crippen LogP contribution is 2.07. The molecule has 2 nitrogen and oxygen atoms in total. The van der Waals surface area contributed by atoms with Gasteiger partial charge in [0.2, 0.25) is 0 Å². The summed E-state index contributed by atoms with van der Waals surface area (Å²) in [6, 6.07) is 14.1. The van der Waals surface area contributed by atoms with Crippen LogP contribution in [0, 0.1) is 5.92 Å². The predicted molar refractivity (Wildman–Crippen MR) is 76.0 cm³/mol.